The zero-order chi connectivity index (χ0) is 16.4. The molecule has 0 aliphatic carbocycles. The predicted molar refractivity (Wildman–Crippen MR) is 96.6 cm³/mol. The number of nitrogens with one attached hydrogen (secondary N) is 1. The zero-order valence-corrected chi connectivity index (χ0v) is 14.7. The quantitative estimate of drug-likeness (QED) is 0.742. The number of aromatic nitrogens is 2. The number of para-hydroxylation sites is 2. The minimum absolute atomic E-state index is 0.0626. The van der Waals surface area contributed by atoms with Crippen LogP contribution in [0.25, 0.3) is 11.0 Å². The Balaban J connectivity index is 1.85. The molecule has 1 heterocycles. The van der Waals surface area contributed by atoms with Crippen molar-refractivity contribution in [3.05, 3.63) is 58.3 Å². The number of hydrogen-bond acceptors (Lipinski definition) is 2. The largest absolute Gasteiger partial charge is 0.324 e. The molecule has 5 heteroatoms. The van der Waals surface area contributed by atoms with Crippen molar-refractivity contribution in [2.45, 2.75) is 26.8 Å². The van der Waals surface area contributed by atoms with Crippen LogP contribution in [0.15, 0.2) is 46.9 Å². The fraction of sp³-hybridized carbons (Fsp3) is 0.222. The Morgan fingerprint density at radius 3 is 2.78 bits per heavy atom. The lowest BCUT2D eigenvalue weighted by Gasteiger charge is -2.11. The molecule has 3 rings (SSSR count). The Morgan fingerprint density at radius 2 is 2.04 bits per heavy atom. The van der Waals surface area contributed by atoms with E-state index >= 15 is 0 Å². The number of fused-ring (bicyclic) bond motifs is 1. The van der Waals surface area contributed by atoms with E-state index < -0.39 is 0 Å². The molecule has 1 N–H and O–H groups in total. The lowest BCUT2D eigenvalue weighted by Crippen LogP contribution is -2.20. The highest BCUT2D eigenvalue weighted by molar-refractivity contribution is 9.10. The van der Waals surface area contributed by atoms with Crippen LogP contribution in [0.2, 0.25) is 0 Å². The standard InChI is InChI=1S/C18H18BrN3O/c1-3-17-20-15-6-4-5-7-16(15)22(17)11-18(23)21-14-9-8-12(2)10-13(14)19/h4-10H,3,11H2,1-2H3,(H,21,23). The van der Waals surface area contributed by atoms with Gasteiger partial charge in [0.25, 0.3) is 0 Å². The number of anilines is 1. The maximum absolute atomic E-state index is 12.4. The molecule has 4 nitrogen and oxygen atoms in total. The minimum atomic E-state index is -0.0626. The number of carbonyl (C=O) groups is 1. The zero-order valence-electron chi connectivity index (χ0n) is 13.1. The molecule has 0 radical (unpaired) electrons. The van der Waals surface area contributed by atoms with Gasteiger partial charge >= 0.3 is 0 Å². The first kappa shape index (κ1) is 15.7. The van der Waals surface area contributed by atoms with Gasteiger partial charge in [-0.15, -0.1) is 0 Å². The van der Waals surface area contributed by atoms with Gasteiger partial charge in [0.15, 0.2) is 0 Å². The van der Waals surface area contributed by atoms with E-state index in [2.05, 4.69) is 26.2 Å². The SMILES string of the molecule is CCc1nc2ccccc2n1CC(=O)Nc1ccc(C)cc1Br. The van der Waals surface area contributed by atoms with Gasteiger partial charge in [-0.3, -0.25) is 4.79 Å². The third kappa shape index (κ3) is 3.29. The van der Waals surface area contributed by atoms with Crippen molar-refractivity contribution < 1.29 is 4.79 Å². The molecule has 0 saturated heterocycles. The highest BCUT2D eigenvalue weighted by atomic mass is 79.9. The molecule has 0 bridgehead atoms. The fourth-order valence-corrected chi connectivity index (χ4v) is 3.22. The Bertz CT molecular complexity index is 870. The van der Waals surface area contributed by atoms with Crippen molar-refractivity contribution >= 4 is 38.6 Å². The topological polar surface area (TPSA) is 46.9 Å². The number of rotatable bonds is 4. The Labute approximate surface area is 143 Å². The molecule has 0 aliphatic rings. The second-order valence-electron chi connectivity index (χ2n) is 5.49. The van der Waals surface area contributed by atoms with Crippen LogP contribution in [-0.2, 0) is 17.8 Å². The number of hydrogen-bond donors (Lipinski definition) is 1. The second kappa shape index (κ2) is 6.54. The van der Waals surface area contributed by atoms with Crippen LogP contribution >= 0.6 is 15.9 Å². The predicted octanol–water partition coefficient (Wildman–Crippen LogP) is 4.31. The normalized spacial score (nSPS) is 10.9. The van der Waals surface area contributed by atoms with E-state index in [9.17, 15) is 4.79 Å². The molecule has 1 amide bonds. The number of benzene rings is 2. The van der Waals surface area contributed by atoms with Crippen LogP contribution in [0, 0.1) is 6.92 Å². The van der Waals surface area contributed by atoms with E-state index in [1.807, 2.05) is 60.9 Å². The monoisotopic (exact) mass is 371 g/mol. The van der Waals surface area contributed by atoms with Gasteiger partial charge in [0, 0.05) is 10.9 Å². The van der Waals surface area contributed by atoms with E-state index in [-0.39, 0.29) is 12.5 Å². The summed E-state index contributed by atoms with van der Waals surface area (Å²) < 4.78 is 2.87. The first-order valence-electron chi connectivity index (χ1n) is 7.58. The number of aryl methyl sites for hydroxylation is 2. The van der Waals surface area contributed by atoms with Gasteiger partial charge in [-0.2, -0.15) is 0 Å². The molecule has 0 saturated carbocycles. The molecular formula is C18H18BrN3O. The van der Waals surface area contributed by atoms with E-state index in [1.165, 1.54) is 0 Å². The maximum atomic E-state index is 12.4. The smallest absolute Gasteiger partial charge is 0.244 e. The second-order valence-corrected chi connectivity index (χ2v) is 6.34. The minimum Gasteiger partial charge on any atom is -0.324 e. The highest BCUT2D eigenvalue weighted by Crippen LogP contribution is 2.23. The van der Waals surface area contributed by atoms with Gasteiger partial charge in [0.1, 0.15) is 12.4 Å². The van der Waals surface area contributed by atoms with Gasteiger partial charge < -0.3 is 9.88 Å². The molecule has 0 atom stereocenters. The van der Waals surface area contributed by atoms with Gasteiger partial charge in [-0.25, -0.2) is 4.98 Å². The van der Waals surface area contributed by atoms with Crippen molar-refractivity contribution in [3.63, 3.8) is 0 Å². The first-order chi connectivity index (χ1) is 11.1. The summed E-state index contributed by atoms with van der Waals surface area (Å²) in [6.45, 7) is 4.32. The van der Waals surface area contributed by atoms with Crippen molar-refractivity contribution in [1.29, 1.82) is 0 Å². The Kier molecular flexibility index (Phi) is 4.48. The molecule has 23 heavy (non-hydrogen) atoms. The van der Waals surface area contributed by atoms with Gasteiger partial charge in [-0.05, 0) is 52.7 Å². The van der Waals surface area contributed by atoms with E-state index in [0.29, 0.717) is 0 Å². The molecule has 0 fully saturated rings. The number of imidazole rings is 1. The molecule has 2 aromatic carbocycles. The molecule has 1 aromatic heterocycles. The van der Waals surface area contributed by atoms with Crippen LogP contribution in [0.1, 0.15) is 18.3 Å². The molecule has 0 aliphatic heterocycles. The lowest BCUT2D eigenvalue weighted by atomic mass is 10.2. The third-order valence-electron chi connectivity index (χ3n) is 3.75. The van der Waals surface area contributed by atoms with Gasteiger partial charge in [-0.1, -0.05) is 25.1 Å². The van der Waals surface area contributed by atoms with E-state index in [0.717, 1.165) is 39.0 Å². The fourth-order valence-electron chi connectivity index (χ4n) is 2.63. The van der Waals surface area contributed by atoms with Gasteiger partial charge in [0.05, 0.1) is 16.7 Å². The van der Waals surface area contributed by atoms with Crippen molar-refractivity contribution in [3.8, 4) is 0 Å². The van der Waals surface area contributed by atoms with Crippen LogP contribution < -0.4 is 5.32 Å². The van der Waals surface area contributed by atoms with Crippen LogP contribution in [0.3, 0.4) is 0 Å². The molecule has 0 unspecified atom stereocenters. The average Bonchev–Trinajstić information content (AvgIpc) is 2.88. The lowest BCUT2D eigenvalue weighted by molar-refractivity contribution is -0.116. The van der Waals surface area contributed by atoms with Gasteiger partial charge in [0.2, 0.25) is 5.91 Å². The van der Waals surface area contributed by atoms with Crippen molar-refractivity contribution in [2.24, 2.45) is 0 Å². The summed E-state index contributed by atoms with van der Waals surface area (Å²) in [7, 11) is 0. The summed E-state index contributed by atoms with van der Waals surface area (Å²) in [6, 6.07) is 13.8. The number of amides is 1. The molecular weight excluding hydrogens is 354 g/mol. The first-order valence-corrected chi connectivity index (χ1v) is 8.38. The average molecular weight is 372 g/mol. The summed E-state index contributed by atoms with van der Waals surface area (Å²) in [5, 5.41) is 2.96. The summed E-state index contributed by atoms with van der Waals surface area (Å²) in [6.07, 6.45) is 0.788. The molecule has 118 valence electrons. The molecule has 3 aromatic rings. The summed E-state index contributed by atoms with van der Waals surface area (Å²) in [4.78, 5) is 17.0. The van der Waals surface area contributed by atoms with Crippen molar-refractivity contribution in [1.82, 2.24) is 9.55 Å². The van der Waals surface area contributed by atoms with Crippen LogP contribution in [-0.4, -0.2) is 15.5 Å². The summed E-state index contributed by atoms with van der Waals surface area (Å²) in [5.41, 5.74) is 3.84. The maximum Gasteiger partial charge on any atom is 0.244 e. The molecule has 0 spiro atoms. The van der Waals surface area contributed by atoms with Crippen LogP contribution in [0.5, 0.6) is 0 Å². The number of halogens is 1. The highest BCUT2D eigenvalue weighted by Gasteiger charge is 2.13. The summed E-state index contributed by atoms with van der Waals surface area (Å²) in [5.74, 6) is 0.858. The summed E-state index contributed by atoms with van der Waals surface area (Å²) >= 11 is 3.49. The Morgan fingerprint density at radius 1 is 1.26 bits per heavy atom. The van der Waals surface area contributed by atoms with Crippen LogP contribution in [0.4, 0.5) is 5.69 Å². The van der Waals surface area contributed by atoms with E-state index in [4.69, 9.17) is 0 Å². The Hall–Kier alpha value is -2.14. The van der Waals surface area contributed by atoms with Crippen molar-refractivity contribution in [2.75, 3.05) is 5.32 Å². The number of nitrogens with zero attached hydrogens (tertiary/aromatic N) is 2. The number of carbonyl (C=O) groups excluding carboxylic acids is 1. The third-order valence-corrected chi connectivity index (χ3v) is 4.41. The van der Waals surface area contributed by atoms with E-state index in [1.54, 1.807) is 0 Å².